The summed E-state index contributed by atoms with van der Waals surface area (Å²) in [6, 6.07) is 10.9. The van der Waals surface area contributed by atoms with E-state index in [0.717, 1.165) is 30.1 Å². The van der Waals surface area contributed by atoms with Gasteiger partial charge in [0, 0.05) is 19.5 Å². The van der Waals surface area contributed by atoms with Gasteiger partial charge in [0.15, 0.2) is 0 Å². The zero-order valence-corrected chi connectivity index (χ0v) is 13.6. The number of benzene rings is 1. The number of hydrogen-bond donors (Lipinski definition) is 0. The van der Waals surface area contributed by atoms with Crippen molar-refractivity contribution in [2.45, 2.75) is 51.0 Å². The molecule has 2 heteroatoms. The van der Waals surface area contributed by atoms with Crippen molar-refractivity contribution in [3.05, 3.63) is 35.9 Å². The van der Waals surface area contributed by atoms with Crippen LogP contribution in [0.5, 0.6) is 0 Å². The molecule has 0 unspecified atom stereocenters. The Morgan fingerprint density at radius 2 is 1.59 bits per heavy atom. The van der Waals surface area contributed by atoms with Gasteiger partial charge in [0.1, 0.15) is 0 Å². The molecule has 4 bridgehead atoms. The summed E-state index contributed by atoms with van der Waals surface area (Å²) in [6.07, 6.45) is 8.54. The third kappa shape index (κ3) is 2.57. The molecule has 4 aliphatic carbocycles. The highest BCUT2D eigenvalue weighted by Gasteiger charge is 2.50. The van der Waals surface area contributed by atoms with E-state index in [-0.39, 0.29) is 0 Å². The third-order valence-corrected chi connectivity index (χ3v) is 6.49. The maximum atomic E-state index is 12.7. The van der Waals surface area contributed by atoms with E-state index in [1.807, 2.05) is 6.07 Å². The SMILES string of the molecule is CN(C(=O)CCc1ccccc1)C1C2CC3CC(C2)CC1C3. The average Bonchev–Trinajstić information content (AvgIpc) is 2.52. The summed E-state index contributed by atoms with van der Waals surface area (Å²) in [4.78, 5) is 14.8. The van der Waals surface area contributed by atoms with Crippen molar-refractivity contribution in [1.29, 1.82) is 0 Å². The molecule has 0 aromatic heterocycles. The van der Waals surface area contributed by atoms with Crippen molar-refractivity contribution in [1.82, 2.24) is 4.90 Å². The standard InChI is InChI=1S/C20H27NO/c1-21(19(22)8-7-14-5-3-2-4-6-14)20-17-10-15-9-16(12-17)13-18(20)11-15/h2-6,15-18,20H,7-13H2,1H3. The minimum Gasteiger partial charge on any atom is -0.342 e. The minimum absolute atomic E-state index is 0.348. The van der Waals surface area contributed by atoms with Gasteiger partial charge in [-0.25, -0.2) is 0 Å². The molecule has 1 aromatic carbocycles. The molecule has 1 amide bonds. The number of rotatable bonds is 4. The van der Waals surface area contributed by atoms with E-state index in [4.69, 9.17) is 0 Å². The lowest BCUT2D eigenvalue weighted by atomic mass is 9.54. The van der Waals surface area contributed by atoms with Crippen molar-refractivity contribution in [3.63, 3.8) is 0 Å². The van der Waals surface area contributed by atoms with Gasteiger partial charge >= 0.3 is 0 Å². The van der Waals surface area contributed by atoms with E-state index in [2.05, 4.69) is 36.2 Å². The van der Waals surface area contributed by atoms with Gasteiger partial charge in [-0.05, 0) is 67.8 Å². The molecule has 0 aliphatic heterocycles. The fourth-order valence-electron chi connectivity index (χ4n) is 5.77. The second-order valence-electron chi connectivity index (χ2n) is 7.91. The number of hydrogen-bond acceptors (Lipinski definition) is 1. The first kappa shape index (κ1) is 14.3. The lowest BCUT2D eigenvalue weighted by molar-refractivity contribution is -0.141. The Hall–Kier alpha value is -1.31. The lowest BCUT2D eigenvalue weighted by Gasteiger charge is -2.56. The van der Waals surface area contributed by atoms with Crippen LogP contribution >= 0.6 is 0 Å². The van der Waals surface area contributed by atoms with Crippen LogP contribution in [0.3, 0.4) is 0 Å². The van der Waals surface area contributed by atoms with Crippen LogP contribution in [0.25, 0.3) is 0 Å². The Kier molecular flexibility index (Phi) is 3.71. The molecule has 4 saturated carbocycles. The normalized spacial score (nSPS) is 35.6. The molecule has 5 rings (SSSR count). The molecule has 0 saturated heterocycles. The van der Waals surface area contributed by atoms with Crippen molar-refractivity contribution in [3.8, 4) is 0 Å². The summed E-state index contributed by atoms with van der Waals surface area (Å²) in [5, 5.41) is 0. The van der Waals surface area contributed by atoms with Crippen LogP contribution in [0.1, 0.15) is 44.1 Å². The lowest BCUT2D eigenvalue weighted by Crippen LogP contribution is -2.56. The number of nitrogens with zero attached hydrogens (tertiary/aromatic N) is 1. The Morgan fingerprint density at radius 1 is 1.00 bits per heavy atom. The van der Waals surface area contributed by atoms with Crippen molar-refractivity contribution < 1.29 is 4.79 Å². The zero-order valence-electron chi connectivity index (χ0n) is 13.6. The molecule has 0 N–H and O–H groups in total. The van der Waals surface area contributed by atoms with Gasteiger partial charge in [0.05, 0.1) is 0 Å². The second-order valence-corrected chi connectivity index (χ2v) is 7.91. The fraction of sp³-hybridized carbons (Fsp3) is 0.650. The highest BCUT2D eigenvalue weighted by atomic mass is 16.2. The Balaban J connectivity index is 1.39. The number of carbonyl (C=O) groups is 1. The summed E-state index contributed by atoms with van der Waals surface area (Å²) in [5.41, 5.74) is 1.27. The van der Waals surface area contributed by atoms with Gasteiger partial charge in [0.25, 0.3) is 0 Å². The van der Waals surface area contributed by atoms with Crippen LogP contribution < -0.4 is 0 Å². The van der Waals surface area contributed by atoms with Gasteiger partial charge in [-0.2, -0.15) is 0 Å². The van der Waals surface area contributed by atoms with Crippen molar-refractivity contribution in [2.75, 3.05) is 7.05 Å². The predicted octanol–water partition coefficient (Wildman–Crippen LogP) is 3.90. The van der Waals surface area contributed by atoms with Crippen LogP contribution in [-0.2, 0) is 11.2 Å². The third-order valence-electron chi connectivity index (χ3n) is 6.49. The molecular weight excluding hydrogens is 270 g/mol. The van der Waals surface area contributed by atoms with Crippen LogP contribution in [0, 0.1) is 23.7 Å². The molecule has 1 aromatic rings. The Labute approximate surface area is 133 Å². The van der Waals surface area contributed by atoms with Crippen molar-refractivity contribution in [2.24, 2.45) is 23.7 Å². The summed E-state index contributed by atoms with van der Waals surface area (Å²) >= 11 is 0. The Morgan fingerprint density at radius 3 is 2.18 bits per heavy atom. The quantitative estimate of drug-likeness (QED) is 0.825. The van der Waals surface area contributed by atoms with Gasteiger partial charge in [-0.3, -0.25) is 4.79 Å². The smallest absolute Gasteiger partial charge is 0.222 e. The summed E-state index contributed by atoms with van der Waals surface area (Å²) in [6.45, 7) is 0. The summed E-state index contributed by atoms with van der Waals surface area (Å²) in [7, 11) is 2.07. The molecule has 2 nitrogen and oxygen atoms in total. The molecular formula is C20H27NO. The number of aryl methyl sites for hydroxylation is 1. The monoisotopic (exact) mass is 297 g/mol. The van der Waals surface area contributed by atoms with E-state index in [1.165, 1.54) is 37.7 Å². The number of carbonyl (C=O) groups excluding carboxylic acids is 1. The Bertz CT molecular complexity index is 510. The number of amides is 1. The van der Waals surface area contributed by atoms with Crippen LogP contribution in [0.2, 0.25) is 0 Å². The summed E-state index contributed by atoms with van der Waals surface area (Å²) in [5.74, 6) is 3.89. The molecule has 0 radical (unpaired) electrons. The first-order chi connectivity index (χ1) is 10.7. The predicted molar refractivity (Wildman–Crippen MR) is 88.4 cm³/mol. The van der Waals surface area contributed by atoms with Gasteiger partial charge in [0.2, 0.25) is 5.91 Å². The van der Waals surface area contributed by atoms with Gasteiger partial charge < -0.3 is 4.90 Å². The minimum atomic E-state index is 0.348. The summed E-state index contributed by atoms with van der Waals surface area (Å²) < 4.78 is 0. The van der Waals surface area contributed by atoms with E-state index in [9.17, 15) is 4.79 Å². The molecule has 0 heterocycles. The molecule has 4 aliphatic rings. The highest BCUT2D eigenvalue weighted by molar-refractivity contribution is 5.76. The maximum absolute atomic E-state index is 12.7. The molecule has 118 valence electrons. The van der Waals surface area contributed by atoms with Crippen LogP contribution in [0.15, 0.2) is 30.3 Å². The molecule has 0 atom stereocenters. The van der Waals surface area contributed by atoms with E-state index >= 15 is 0 Å². The van der Waals surface area contributed by atoms with Crippen LogP contribution in [-0.4, -0.2) is 23.9 Å². The molecule has 0 spiro atoms. The average molecular weight is 297 g/mol. The maximum Gasteiger partial charge on any atom is 0.222 e. The highest BCUT2D eigenvalue weighted by Crippen LogP contribution is 2.54. The molecule has 22 heavy (non-hydrogen) atoms. The van der Waals surface area contributed by atoms with Gasteiger partial charge in [-0.15, -0.1) is 0 Å². The van der Waals surface area contributed by atoms with E-state index in [1.54, 1.807) is 0 Å². The van der Waals surface area contributed by atoms with Crippen LogP contribution in [0.4, 0.5) is 0 Å². The van der Waals surface area contributed by atoms with E-state index < -0.39 is 0 Å². The van der Waals surface area contributed by atoms with Crippen molar-refractivity contribution >= 4 is 5.91 Å². The topological polar surface area (TPSA) is 20.3 Å². The second kappa shape index (κ2) is 5.72. The fourth-order valence-corrected chi connectivity index (χ4v) is 5.77. The largest absolute Gasteiger partial charge is 0.342 e. The first-order valence-electron chi connectivity index (χ1n) is 9.00. The van der Waals surface area contributed by atoms with E-state index in [0.29, 0.717) is 18.4 Å². The zero-order chi connectivity index (χ0) is 15.1. The first-order valence-corrected chi connectivity index (χ1v) is 9.00. The molecule has 4 fully saturated rings. The van der Waals surface area contributed by atoms with Gasteiger partial charge in [-0.1, -0.05) is 30.3 Å².